The molecule has 1 aliphatic heterocycles. The van der Waals surface area contributed by atoms with E-state index in [0.29, 0.717) is 24.1 Å². The van der Waals surface area contributed by atoms with E-state index in [2.05, 4.69) is 31.5 Å². The quantitative estimate of drug-likeness (QED) is 0.433. The third kappa shape index (κ3) is 6.42. The lowest BCUT2D eigenvalue weighted by atomic mass is 10.0. The van der Waals surface area contributed by atoms with Crippen molar-refractivity contribution in [1.82, 2.24) is 10.6 Å². The lowest BCUT2D eigenvalue weighted by Gasteiger charge is -2.35. The minimum Gasteiger partial charge on any atom is -0.496 e. The van der Waals surface area contributed by atoms with Crippen LogP contribution in [0.15, 0.2) is 77.3 Å². The number of ether oxygens (including phenoxy) is 1. The Balaban J connectivity index is 1.32. The molecule has 0 radical (unpaired) electrons. The third-order valence-electron chi connectivity index (χ3n) is 6.28. The van der Waals surface area contributed by atoms with Crippen molar-refractivity contribution < 1.29 is 14.3 Å². The second-order valence-corrected chi connectivity index (χ2v) is 9.50. The van der Waals surface area contributed by atoms with Crippen LogP contribution in [0.5, 0.6) is 5.75 Å². The number of hydrogen-bond acceptors (Lipinski definition) is 4. The number of halogens is 1. The molecule has 0 aromatic heterocycles. The molecule has 2 N–H and O–H groups in total. The Morgan fingerprint density at radius 2 is 1.71 bits per heavy atom. The highest BCUT2D eigenvalue weighted by molar-refractivity contribution is 9.10. The Kier molecular flexibility index (Phi) is 8.42. The van der Waals surface area contributed by atoms with Crippen LogP contribution < -0.4 is 20.3 Å². The number of carbonyl (C=O) groups is 2. The van der Waals surface area contributed by atoms with Crippen LogP contribution >= 0.6 is 15.9 Å². The molecular formula is C28H30BrN3O3. The zero-order valence-corrected chi connectivity index (χ0v) is 21.4. The summed E-state index contributed by atoms with van der Waals surface area (Å²) in [5, 5.41) is 6.20. The van der Waals surface area contributed by atoms with Gasteiger partial charge in [0.15, 0.2) is 0 Å². The molecule has 1 fully saturated rings. The van der Waals surface area contributed by atoms with Gasteiger partial charge in [-0.3, -0.25) is 9.59 Å². The highest BCUT2D eigenvalue weighted by Gasteiger charge is 2.24. The topological polar surface area (TPSA) is 70.7 Å². The van der Waals surface area contributed by atoms with Crippen LogP contribution in [0.1, 0.15) is 39.1 Å². The van der Waals surface area contributed by atoms with Crippen LogP contribution in [-0.4, -0.2) is 44.6 Å². The minimum absolute atomic E-state index is 0.0559. The monoisotopic (exact) mass is 535 g/mol. The number of amides is 2. The fourth-order valence-electron chi connectivity index (χ4n) is 4.42. The molecule has 0 aliphatic carbocycles. The summed E-state index contributed by atoms with van der Waals surface area (Å²) in [4.78, 5) is 27.8. The Morgan fingerprint density at radius 3 is 2.49 bits per heavy atom. The first-order valence-corrected chi connectivity index (χ1v) is 12.6. The third-order valence-corrected chi connectivity index (χ3v) is 6.77. The predicted octanol–water partition coefficient (Wildman–Crippen LogP) is 4.83. The molecule has 6 nitrogen and oxygen atoms in total. The number of nitrogens with zero attached hydrogens (tertiary/aromatic N) is 1. The molecule has 3 aromatic rings. The average Bonchev–Trinajstić information content (AvgIpc) is 2.89. The number of piperidine rings is 1. The van der Waals surface area contributed by atoms with E-state index < -0.39 is 0 Å². The Hall–Kier alpha value is -3.32. The van der Waals surface area contributed by atoms with Gasteiger partial charge in [-0.2, -0.15) is 0 Å². The number of methoxy groups -OCH3 is 1. The molecular weight excluding hydrogens is 506 g/mol. The highest BCUT2D eigenvalue weighted by Crippen LogP contribution is 2.25. The minimum atomic E-state index is -0.0828. The smallest absolute Gasteiger partial charge is 0.253 e. The van der Waals surface area contributed by atoms with Gasteiger partial charge in [0.05, 0.1) is 12.7 Å². The lowest BCUT2D eigenvalue weighted by molar-refractivity contribution is 0.0929. The van der Waals surface area contributed by atoms with Crippen LogP contribution in [-0.2, 0) is 6.42 Å². The summed E-state index contributed by atoms with van der Waals surface area (Å²) in [6.07, 6.45) is 2.34. The molecule has 0 atom stereocenters. The van der Waals surface area contributed by atoms with Crippen LogP contribution in [0, 0.1) is 0 Å². The summed E-state index contributed by atoms with van der Waals surface area (Å²) in [5.41, 5.74) is 3.32. The fraction of sp³-hybridized carbons (Fsp3) is 0.286. The van der Waals surface area contributed by atoms with Gasteiger partial charge in [0, 0.05) is 41.4 Å². The summed E-state index contributed by atoms with van der Waals surface area (Å²) in [5.74, 6) is 0.692. The maximum atomic E-state index is 13.0. The average molecular weight is 536 g/mol. The zero-order valence-electron chi connectivity index (χ0n) is 19.8. The van der Waals surface area contributed by atoms with E-state index in [1.165, 1.54) is 0 Å². The number of anilines is 1. The van der Waals surface area contributed by atoms with Crippen molar-refractivity contribution in [3.63, 3.8) is 0 Å². The summed E-state index contributed by atoms with van der Waals surface area (Å²) >= 11 is 3.42. The molecule has 0 spiro atoms. The SMILES string of the molecule is COc1ccccc1CCNC(=O)c1ccccc1N1CCC(NC(=O)c2cccc(Br)c2)CC1. The molecule has 4 rings (SSSR count). The second kappa shape index (κ2) is 11.9. The molecule has 182 valence electrons. The van der Waals surface area contributed by atoms with Crippen LogP contribution in [0.2, 0.25) is 0 Å². The van der Waals surface area contributed by atoms with E-state index in [-0.39, 0.29) is 17.9 Å². The standard InChI is InChI=1S/C28H30BrN3O3/c1-35-26-12-5-2-7-20(26)13-16-30-28(34)24-10-3-4-11-25(24)32-17-14-23(15-18-32)31-27(33)21-8-6-9-22(29)19-21/h2-12,19,23H,13-18H2,1H3,(H,30,34)(H,31,33). The number of nitrogens with one attached hydrogen (secondary N) is 2. The van der Waals surface area contributed by atoms with Gasteiger partial charge < -0.3 is 20.3 Å². The second-order valence-electron chi connectivity index (χ2n) is 8.58. The van der Waals surface area contributed by atoms with Crippen molar-refractivity contribution in [3.05, 3.63) is 94.0 Å². The summed E-state index contributed by atoms with van der Waals surface area (Å²) in [6, 6.07) is 23.1. The molecule has 0 saturated carbocycles. The van der Waals surface area contributed by atoms with Crippen LogP contribution in [0.3, 0.4) is 0 Å². The molecule has 2 amide bonds. The first kappa shape index (κ1) is 24.8. The Labute approximate surface area is 214 Å². The largest absolute Gasteiger partial charge is 0.496 e. The molecule has 0 bridgehead atoms. The van der Waals surface area contributed by atoms with E-state index in [1.54, 1.807) is 7.11 Å². The van der Waals surface area contributed by atoms with Gasteiger partial charge in [-0.25, -0.2) is 0 Å². The molecule has 1 heterocycles. The summed E-state index contributed by atoms with van der Waals surface area (Å²) in [7, 11) is 1.66. The number of carbonyl (C=O) groups excluding carboxylic acids is 2. The molecule has 35 heavy (non-hydrogen) atoms. The van der Waals surface area contributed by atoms with Crippen molar-refractivity contribution in [2.75, 3.05) is 31.6 Å². The molecule has 1 aliphatic rings. The van der Waals surface area contributed by atoms with Crippen LogP contribution in [0.4, 0.5) is 5.69 Å². The van der Waals surface area contributed by atoms with Crippen molar-refractivity contribution in [2.24, 2.45) is 0 Å². The first-order valence-electron chi connectivity index (χ1n) is 11.9. The van der Waals surface area contributed by atoms with E-state index >= 15 is 0 Å². The van der Waals surface area contributed by atoms with Crippen molar-refractivity contribution in [3.8, 4) is 5.75 Å². The van der Waals surface area contributed by atoms with Crippen molar-refractivity contribution in [1.29, 1.82) is 0 Å². The summed E-state index contributed by atoms with van der Waals surface area (Å²) < 4.78 is 6.29. The maximum absolute atomic E-state index is 13.0. The van der Waals surface area contributed by atoms with Gasteiger partial charge in [0.1, 0.15) is 5.75 Å². The number of para-hydroxylation sites is 2. The fourth-order valence-corrected chi connectivity index (χ4v) is 4.82. The number of rotatable bonds is 8. The van der Waals surface area contributed by atoms with Gasteiger partial charge in [0.2, 0.25) is 0 Å². The lowest BCUT2D eigenvalue weighted by Crippen LogP contribution is -2.45. The highest BCUT2D eigenvalue weighted by atomic mass is 79.9. The predicted molar refractivity (Wildman–Crippen MR) is 142 cm³/mol. The van der Waals surface area contributed by atoms with E-state index in [4.69, 9.17) is 4.74 Å². The molecule has 7 heteroatoms. The van der Waals surface area contributed by atoms with Gasteiger partial charge in [-0.15, -0.1) is 0 Å². The molecule has 0 unspecified atom stereocenters. The van der Waals surface area contributed by atoms with Gasteiger partial charge in [0.25, 0.3) is 11.8 Å². The first-order chi connectivity index (χ1) is 17.0. The maximum Gasteiger partial charge on any atom is 0.253 e. The van der Waals surface area contributed by atoms with Gasteiger partial charge in [-0.1, -0.05) is 52.3 Å². The van der Waals surface area contributed by atoms with E-state index in [0.717, 1.165) is 47.4 Å². The summed E-state index contributed by atoms with van der Waals surface area (Å²) in [6.45, 7) is 2.07. The van der Waals surface area contributed by atoms with Crippen molar-refractivity contribution in [2.45, 2.75) is 25.3 Å². The van der Waals surface area contributed by atoms with Crippen molar-refractivity contribution >= 4 is 33.4 Å². The Morgan fingerprint density at radius 1 is 0.971 bits per heavy atom. The molecule has 1 saturated heterocycles. The Bertz CT molecular complexity index is 1180. The normalized spacial score (nSPS) is 13.8. The zero-order chi connectivity index (χ0) is 24.6. The number of benzene rings is 3. The van der Waals surface area contributed by atoms with Gasteiger partial charge >= 0.3 is 0 Å². The number of hydrogen-bond donors (Lipinski definition) is 2. The van der Waals surface area contributed by atoms with E-state index in [9.17, 15) is 9.59 Å². The van der Waals surface area contributed by atoms with E-state index in [1.807, 2.05) is 72.8 Å². The molecule has 3 aromatic carbocycles. The van der Waals surface area contributed by atoms with Crippen LogP contribution in [0.25, 0.3) is 0 Å². The van der Waals surface area contributed by atoms with Gasteiger partial charge in [-0.05, 0) is 61.2 Å².